The lowest BCUT2D eigenvalue weighted by atomic mass is 10.1. The van der Waals surface area contributed by atoms with E-state index in [9.17, 15) is 0 Å². The number of hydrogen-bond donors (Lipinski definition) is 0. The smallest absolute Gasteiger partial charge is 0.130 e. The highest BCUT2D eigenvalue weighted by molar-refractivity contribution is 6.30. The molecule has 0 saturated carbocycles. The molecule has 94 valence electrons. The van der Waals surface area contributed by atoms with Crippen LogP contribution in [0.4, 0.5) is 0 Å². The Bertz CT molecular complexity index is 564. The summed E-state index contributed by atoms with van der Waals surface area (Å²) in [5, 5.41) is 0.714. The van der Waals surface area contributed by atoms with Crippen LogP contribution in [0.3, 0.4) is 0 Å². The van der Waals surface area contributed by atoms with Gasteiger partial charge in [0.1, 0.15) is 11.5 Å². The summed E-state index contributed by atoms with van der Waals surface area (Å²) in [6.07, 6.45) is 0. The maximum Gasteiger partial charge on any atom is 0.130 e. The fourth-order valence-electron chi connectivity index (χ4n) is 1.68. The van der Waals surface area contributed by atoms with E-state index in [0.29, 0.717) is 10.9 Å². The first-order chi connectivity index (χ1) is 8.60. The van der Waals surface area contributed by atoms with Gasteiger partial charge in [0.2, 0.25) is 0 Å². The van der Waals surface area contributed by atoms with E-state index in [1.165, 1.54) is 0 Å². The van der Waals surface area contributed by atoms with Crippen LogP contribution in [-0.2, 0) is 5.88 Å². The first-order valence-electron chi connectivity index (χ1n) is 5.69. The van der Waals surface area contributed by atoms with Gasteiger partial charge in [0.15, 0.2) is 0 Å². The molecule has 2 aromatic rings. The summed E-state index contributed by atoms with van der Waals surface area (Å²) in [7, 11) is 0. The Labute approximate surface area is 117 Å². The van der Waals surface area contributed by atoms with E-state index in [1.807, 2.05) is 50.2 Å². The zero-order chi connectivity index (χ0) is 13.1. The van der Waals surface area contributed by atoms with Crippen molar-refractivity contribution in [2.75, 3.05) is 0 Å². The van der Waals surface area contributed by atoms with Gasteiger partial charge in [-0.1, -0.05) is 23.7 Å². The molecule has 0 aliphatic heterocycles. The van der Waals surface area contributed by atoms with Crippen LogP contribution in [-0.4, -0.2) is 0 Å². The standard InChI is InChI=1S/C15H14Cl2O/c1-10-3-4-12(9-16)8-15(10)18-14-6-5-13(17)7-11(14)2/h3-8H,9H2,1-2H3. The average molecular weight is 281 g/mol. The average Bonchev–Trinajstić information content (AvgIpc) is 2.35. The predicted octanol–water partition coefficient (Wildman–Crippen LogP) is 5.49. The van der Waals surface area contributed by atoms with Crippen LogP contribution in [0.5, 0.6) is 11.5 Å². The molecule has 0 radical (unpaired) electrons. The van der Waals surface area contributed by atoms with Crippen molar-refractivity contribution in [3.63, 3.8) is 0 Å². The van der Waals surface area contributed by atoms with Crippen molar-refractivity contribution in [1.82, 2.24) is 0 Å². The topological polar surface area (TPSA) is 9.23 Å². The van der Waals surface area contributed by atoms with Crippen molar-refractivity contribution in [3.05, 3.63) is 58.1 Å². The summed E-state index contributed by atoms with van der Waals surface area (Å²) in [6, 6.07) is 11.6. The number of alkyl halides is 1. The first-order valence-corrected chi connectivity index (χ1v) is 6.61. The van der Waals surface area contributed by atoms with Gasteiger partial charge in [-0.15, -0.1) is 11.6 Å². The lowest BCUT2D eigenvalue weighted by Crippen LogP contribution is -1.91. The van der Waals surface area contributed by atoms with E-state index in [-0.39, 0.29) is 0 Å². The molecule has 2 aromatic carbocycles. The Hall–Kier alpha value is -1.18. The molecule has 0 saturated heterocycles. The van der Waals surface area contributed by atoms with Gasteiger partial charge < -0.3 is 4.74 Å². The van der Waals surface area contributed by atoms with Crippen LogP contribution in [0.25, 0.3) is 0 Å². The quantitative estimate of drug-likeness (QED) is 0.676. The van der Waals surface area contributed by atoms with Crippen molar-refractivity contribution in [2.24, 2.45) is 0 Å². The zero-order valence-electron chi connectivity index (χ0n) is 10.3. The Kier molecular flexibility index (Phi) is 4.15. The maximum absolute atomic E-state index is 5.93. The fraction of sp³-hybridized carbons (Fsp3) is 0.200. The SMILES string of the molecule is Cc1cc(Cl)ccc1Oc1cc(CCl)ccc1C. The molecule has 2 rings (SSSR count). The molecular weight excluding hydrogens is 267 g/mol. The van der Waals surface area contributed by atoms with Gasteiger partial charge in [-0.3, -0.25) is 0 Å². The van der Waals surface area contributed by atoms with Crippen molar-refractivity contribution < 1.29 is 4.74 Å². The molecule has 0 unspecified atom stereocenters. The van der Waals surface area contributed by atoms with E-state index in [0.717, 1.165) is 28.2 Å². The third kappa shape index (κ3) is 2.98. The van der Waals surface area contributed by atoms with Crippen LogP contribution in [0.1, 0.15) is 16.7 Å². The van der Waals surface area contributed by atoms with Gasteiger partial charge in [-0.05, 0) is 54.8 Å². The third-order valence-electron chi connectivity index (χ3n) is 2.76. The maximum atomic E-state index is 5.93. The molecule has 0 atom stereocenters. The largest absolute Gasteiger partial charge is 0.457 e. The van der Waals surface area contributed by atoms with E-state index in [2.05, 4.69) is 0 Å². The van der Waals surface area contributed by atoms with Crippen LogP contribution < -0.4 is 4.74 Å². The van der Waals surface area contributed by atoms with Gasteiger partial charge in [0, 0.05) is 10.9 Å². The minimum atomic E-state index is 0.482. The number of rotatable bonds is 3. The van der Waals surface area contributed by atoms with Gasteiger partial charge in [0.05, 0.1) is 0 Å². The van der Waals surface area contributed by atoms with Crippen molar-refractivity contribution >= 4 is 23.2 Å². The van der Waals surface area contributed by atoms with Crippen molar-refractivity contribution in [1.29, 1.82) is 0 Å². The molecule has 3 heteroatoms. The zero-order valence-corrected chi connectivity index (χ0v) is 11.8. The minimum Gasteiger partial charge on any atom is -0.457 e. The predicted molar refractivity (Wildman–Crippen MR) is 77.0 cm³/mol. The van der Waals surface area contributed by atoms with E-state index >= 15 is 0 Å². The number of benzene rings is 2. The van der Waals surface area contributed by atoms with Crippen LogP contribution >= 0.6 is 23.2 Å². The van der Waals surface area contributed by atoms with Gasteiger partial charge in [-0.25, -0.2) is 0 Å². The number of halogens is 2. The lowest BCUT2D eigenvalue weighted by molar-refractivity contribution is 0.475. The normalized spacial score (nSPS) is 10.4. The van der Waals surface area contributed by atoms with E-state index < -0.39 is 0 Å². The molecule has 0 heterocycles. The Morgan fingerprint density at radius 2 is 1.72 bits per heavy atom. The summed E-state index contributed by atoms with van der Waals surface area (Å²) in [6.45, 7) is 3.99. The first kappa shape index (κ1) is 13.3. The highest BCUT2D eigenvalue weighted by Crippen LogP contribution is 2.30. The highest BCUT2D eigenvalue weighted by Gasteiger charge is 2.06. The monoisotopic (exact) mass is 280 g/mol. The molecule has 0 bridgehead atoms. The minimum absolute atomic E-state index is 0.482. The Balaban J connectivity index is 2.33. The molecule has 0 amide bonds. The van der Waals surface area contributed by atoms with Gasteiger partial charge >= 0.3 is 0 Å². The molecule has 0 spiro atoms. The second-order valence-electron chi connectivity index (χ2n) is 4.25. The number of aryl methyl sites for hydroxylation is 2. The Morgan fingerprint density at radius 3 is 2.39 bits per heavy atom. The van der Waals surface area contributed by atoms with Crippen LogP contribution in [0.15, 0.2) is 36.4 Å². The fourth-order valence-corrected chi connectivity index (χ4v) is 2.08. The summed E-state index contributed by atoms with van der Waals surface area (Å²) in [5.41, 5.74) is 3.14. The number of ether oxygens (including phenoxy) is 1. The molecule has 0 fully saturated rings. The third-order valence-corrected chi connectivity index (χ3v) is 3.31. The Morgan fingerprint density at radius 1 is 0.944 bits per heavy atom. The van der Waals surface area contributed by atoms with E-state index in [4.69, 9.17) is 27.9 Å². The van der Waals surface area contributed by atoms with E-state index in [1.54, 1.807) is 0 Å². The van der Waals surface area contributed by atoms with Gasteiger partial charge in [0.25, 0.3) is 0 Å². The summed E-state index contributed by atoms with van der Waals surface area (Å²) in [5.74, 6) is 2.13. The summed E-state index contributed by atoms with van der Waals surface area (Å²) < 4.78 is 5.92. The van der Waals surface area contributed by atoms with Crippen LogP contribution in [0, 0.1) is 13.8 Å². The van der Waals surface area contributed by atoms with Gasteiger partial charge in [-0.2, -0.15) is 0 Å². The van der Waals surface area contributed by atoms with Crippen molar-refractivity contribution in [3.8, 4) is 11.5 Å². The van der Waals surface area contributed by atoms with Crippen molar-refractivity contribution in [2.45, 2.75) is 19.7 Å². The second kappa shape index (κ2) is 5.64. The molecular formula is C15H14Cl2O. The lowest BCUT2D eigenvalue weighted by Gasteiger charge is -2.12. The molecule has 0 aromatic heterocycles. The molecule has 0 aliphatic rings. The second-order valence-corrected chi connectivity index (χ2v) is 4.95. The molecule has 0 aliphatic carbocycles. The van der Waals surface area contributed by atoms with Crippen LogP contribution in [0.2, 0.25) is 5.02 Å². The molecule has 0 N–H and O–H groups in total. The summed E-state index contributed by atoms with van der Waals surface area (Å²) >= 11 is 11.8. The summed E-state index contributed by atoms with van der Waals surface area (Å²) in [4.78, 5) is 0. The molecule has 18 heavy (non-hydrogen) atoms. The highest BCUT2D eigenvalue weighted by atomic mass is 35.5. The molecule has 1 nitrogen and oxygen atoms in total. The number of hydrogen-bond acceptors (Lipinski definition) is 1.